The van der Waals surface area contributed by atoms with E-state index in [4.69, 9.17) is 9.47 Å². The molecule has 1 aliphatic rings. The maximum atomic E-state index is 12.3. The Balaban J connectivity index is 1.70. The largest absolute Gasteiger partial charge is 0.392 e. The molecule has 3 rings (SSSR count). The highest BCUT2D eigenvalue weighted by Gasteiger charge is 2.27. The molecule has 0 spiro atoms. The lowest BCUT2D eigenvalue weighted by atomic mass is 10.0. The number of benzene rings is 2. The van der Waals surface area contributed by atoms with E-state index in [-0.39, 0.29) is 24.6 Å². The standard InChI is InChI=1S/C25H35N3O4/c1-19(29)15-26-25(30)21-9-11-22(12-10-21)27(2)24(20-7-5-4-6-8-20)17-28-14-13-23(16-28)32-18-31-3/h4-12,19,23-24,29H,13-18H2,1-3H3,(H,26,30)/t19-,23-,24+/m0/s1. The molecule has 3 atom stereocenters. The molecule has 1 fully saturated rings. The van der Waals surface area contributed by atoms with Gasteiger partial charge in [-0.05, 0) is 43.2 Å². The lowest BCUT2D eigenvalue weighted by molar-refractivity contribution is -0.0671. The normalized spacial score (nSPS) is 18.3. The lowest BCUT2D eigenvalue weighted by Gasteiger charge is -2.34. The Morgan fingerprint density at radius 1 is 1.22 bits per heavy atom. The average Bonchev–Trinajstić information content (AvgIpc) is 3.27. The van der Waals surface area contributed by atoms with E-state index in [2.05, 4.69) is 46.4 Å². The number of likely N-dealkylation sites (tertiary alicyclic amines) is 1. The van der Waals surface area contributed by atoms with E-state index in [0.29, 0.717) is 12.4 Å². The molecule has 0 bridgehead atoms. The number of ether oxygens (including phenoxy) is 2. The van der Waals surface area contributed by atoms with Gasteiger partial charge in [-0.3, -0.25) is 9.69 Å². The molecular formula is C25H35N3O4. The van der Waals surface area contributed by atoms with Crippen LogP contribution in [0.2, 0.25) is 0 Å². The Morgan fingerprint density at radius 2 is 1.94 bits per heavy atom. The third-order valence-corrected chi connectivity index (χ3v) is 5.83. The van der Waals surface area contributed by atoms with Crippen molar-refractivity contribution >= 4 is 11.6 Å². The number of hydrogen-bond donors (Lipinski definition) is 2. The number of anilines is 1. The quantitative estimate of drug-likeness (QED) is 0.523. The van der Waals surface area contributed by atoms with Gasteiger partial charge in [-0.2, -0.15) is 0 Å². The molecular weight excluding hydrogens is 406 g/mol. The second-order valence-corrected chi connectivity index (χ2v) is 8.39. The fraction of sp³-hybridized carbons (Fsp3) is 0.480. The van der Waals surface area contributed by atoms with Crippen molar-refractivity contribution in [2.75, 3.05) is 52.0 Å². The van der Waals surface area contributed by atoms with Crippen LogP contribution in [-0.2, 0) is 9.47 Å². The summed E-state index contributed by atoms with van der Waals surface area (Å²) in [5, 5.41) is 12.1. The predicted molar refractivity (Wildman–Crippen MR) is 126 cm³/mol. The molecule has 2 aromatic carbocycles. The van der Waals surface area contributed by atoms with Crippen LogP contribution in [-0.4, -0.2) is 75.3 Å². The highest BCUT2D eigenvalue weighted by atomic mass is 16.7. The van der Waals surface area contributed by atoms with Crippen LogP contribution in [0.4, 0.5) is 5.69 Å². The molecule has 1 amide bonds. The molecule has 0 aliphatic carbocycles. The van der Waals surface area contributed by atoms with Gasteiger partial charge in [-0.25, -0.2) is 0 Å². The zero-order chi connectivity index (χ0) is 22.9. The minimum atomic E-state index is -0.568. The maximum Gasteiger partial charge on any atom is 0.251 e. The van der Waals surface area contributed by atoms with E-state index in [1.807, 2.05) is 30.3 Å². The van der Waals surface area contributed by atoms with Crippen molar-refractivity contribution in [1.29, 1.82) is 0 Å². The molecule has 1 saturated heterocycles. The van der Waals surface area contributed by atoms with Gasteiger partial charge in [0.05, 0.1) is 18.2 Å². The lowest BCUT2D eigenvalue weighted by Crippen LogP contribution is -2.36. The maximum absolute atomic E-state index is 12.3. The molecule has 0 radical (unpaired) electrons. The third-order valence-electron chi connectivity index (χ3n) is 5.83. The summed E-state index contributed by atoms with van der Waals surface area (Å²) in [4.78, 5) is 17.0. The van der Waals surface area contributed by atoms with Crippen LogP contribution < -0.4 is 10.2 Å². The van der Waals surface area contributed by atoms with Crippen LogP contribution in [0.25, 0.3) is 0 Å². The number of carbonyl (C=O) groups excluding carboxylic acids is 1. The van der Waals surface area contributed by atoms with Crippen molar-refractivity contribution in [2.45, 2.75) is 31.6 Å². The van der Waals surface area contributed by atoms with Crippen LogP contribution in [0, 0.1) is 0 Å². The Bertz CT molecular complexity index is 829. The molecule has 2 N–H and O–H groups in total. The van der Waals surface area contributed by atoms with Crippen LogP contribution in [0.1, 0.15) is 35.3 Å². The van der Waals surface area contributed by atoms with Gasteiger partial charge in [0.2, 0.25) is 0 Å². The Kier molecular flexibility index (Phi) is 9.05. The first-order valence-electron chi connectivity index (χ1n) is 11.1. The molecule has 1 heterocycles. The predicted octanol–water partition coefficient (Wildman–Crippen LogP) is 2.67. The molecule has 7 nitrogen and oxygen atoms in total. The number of hydrogen-bond acceptors (Lipinski definition) is 6. The molecule has 0 aromatic heterocycles. The topological polar surface area (TPSA) is 74.3 Å². The fourth-order valence-electron chi connectivity index (χ4n) is 4.00. The fourth-order valence-corrected chi connectivity index (χ4v) is 4.00. The van der Waals surface area contributed by atoms with Gasteiger partial charge in [0, 0.05) is 51.6 Å². The van der Waals surface area contributed by atoms with E-state index >= 15 is 0 Å². The van der Waals surface area contributed by atoms with Crippen LogP contribution in [0.15, 0.2) is 54.6 Å². The highest BCUT2D eigenvalue weighted by Crippen LogP contribution is 2.28. The van der Waals surface area contributed by atoms with Gasteiger partial charge < -0.3 is 24.8 Å². The van der Waals surface area contributed by atoms with Crippen LogP contribution in [0.5, 0.6) is 0 Å². The average molecular weight is 442 g/mol. The SMILES string of the molecule is COCO[C@H]1CCN(C[C@H](c2ccccc2)N(C)c2ccc(C(=O)NC[C@H](C)O)cc2)C1. The number of likely N-dealkylation sites (N-methyl/N-ethyl adjacent to an activating group) is 1. The van der Waals surface area contributed by atoms with Gasteiger partial charge >= 0.3 is 0 Å². The number of amides is 1. The van der Waals surface area contributed by atoms with Gasteiger partial charge in [0.1, 0.15) is 6.79 Å². The smallest absolute Gasteiger partial charge is 0.251 e. The first-order valence-corrected chi connectivity index (χ1v) is 11.1. The summed E-state index contributed by atoms with van der Waals surface area (Å²) in [5.41, 5.74) is 2.86. The number of carbonyl (C=O) groups is 1. The van der Waals surface area contributed by atoms with Gasteiger partial charge in [0.25, 0.3) is 5.91 Å². The number of nitrogens with zero attached hydrogens (tertiary/aromatic N) is 2. The Morgan fingerprint density at radius 3 is 2.59 bits per heavy atom. The van der Waals surface area contributed by atoms with Gasteiger partial charge in [0.15, 0.2) is 0 Å². The van der Waals surface area contributed by atoms with Crippen molar-refractivity contribution < 1.29 is 19.4 Å². The molecule has 32 heavy (non-hydrogen) atoms. The number of rotatable bonds is 11. The monoisotopic (exact) mass is 441 g/mol. The summed E-state index contributed by atoms with van der Waals surface area (Å²) < 4.78 is 10.8. The van der Waals surface area contributed by atoms with Gasteiger partial charge in [-0.1, -0.05) is 30.3 Å². The highest BCUT2D eigenvalue weighted by molar-refractivity contribution is 5.94. The minimum absolute atomic E-state index is 0.160. The summed E-state index contributed by atoms with van der Waals surface area (Å²) in [6.07, 6.45) is 0.641. The number of nitrogens with one attached hydrogen (secondary N) is 1. The third kappa shape index (κ3) is 6.77. The van der Waals surface area contributed by atoms with Crippen LogP contribution >= 0.6 is 0 Å². The van der Waals surface area contributed by atoms with Crippen molar-refractivity contribution in [3.63, 3.8) is 0 Å². The minimum Gasteiger partial charge on any atom is -0.392 e. The van der Waals surface area contributed by atoms with Crippen molar-refractivity contribution in [3.8, 4) is 0 Å². The van der Waals surface area contributed by atoms with E-state index in [1.165, 1.54) is 5.56 Å². The molecule has 0 saturated carbocycles. The summed E-state index contributed by atoms with van der Waals surface area (Å²) in [7, 11) is 3.74. The van der Waals surface area contributed by atoms with Crippen molar-refractivity contribution in [2.24, 2.45) is 0 Å². The van der Waals surface area contributed by atoms with Crippen molar-refractivity contribution in [3.05, 3.63) is 65.7 Å². The van der Waals surface area contributed by atoms with Crippen LogP contribution in [0.3, 0.4) is 0 Å². The summed E-state index contributed by atoms with van der Waals surface area (Å²) >= 11 is 0. The second-order valence-electron chi connectivity index (χ2n) is 8.39. The van der Waals surface area contributed by atoms with E-state index in [0.717, 1.165) is 31.7 Å². The zero-order valence-corrected chi connectivity index (χ0v) is 19.2. The molecule has 174 valence electrons. The molecule has 0 unspecified atom stereocenters. The zero-order valence-electron chi connectivity index (χ0n) is 19.2. The second kappa shape index (κ2) is 12.0. The number of methoxy groups -OCH3 is 1. The summed E-state index contributed by atoms with van der Waals surface area (Å²) in [6.45, 7) is 4.98. The van der Waals surface area contributed by atoms with Crippen molar-refractivity contribution in [1.82, 2.24) is 10.2 Å². The van der Waals surface area contributed by atoms with E-state index in [1.54, 1.807) is 14.0 Å². The summed E-state index contributed by atoms with van der Waals surface area (Å²) in [5.74, 6) is -0.182. The molecule has 2 aromatic rings. The van der Waals surface area contributed by atoms with E-state index < -0.39 is 6.10 Å². The van der Waals surface area contributed by atoms with E-state index in [9.17, 15) is 9.90 Å². The summed E-state index contributed by atoms with van der Waals surface area (Å²) in [6, 6.07) is 18.3. The molecule has 1 aliphatic heterocycles. The first kappa shape index (κ1) is 24.2. The van der Waals surface area contributed by atoms with Gasteiger partial charge in [-0.15, -0.1) is 0 Å². The number of aliphatic hydroxyl groups excluding tert-OH is 1. The Hall–Kier alpha value is -2.45. The number of aliphatic hydroxyl groups is 1. The molecule has 7 heteroatoms. The Labute approximate surface area is 190 Å². The first-order chi connectivity index (χ1) is 15.5.